The fourth-order valence-electron chi connectivity index (χ4n) is 6.41. The van der Waals surface area contributed by atoms with Crippen LogP contribution in [-0.2, 0) is 33.9 Å². The fraction of sp³-hybridized carbons (Fsp3) is 0.556. The lowest BCUT2D eigenvalue weighted by Gasteiger charge is -2.30. The number of carbonyl (C=O) groups excluding carboxylic acids is 5. The first kappa shape index (κ1) is 40.2. The van der Waals surface area contributed by atoms with Crippen molar-refractivity contribution in [3.63, 3.8) is 0 Å². The van der Waals surface area contributed by atoms with E-state index in [0.29, 0.717) is 24.4 Å². The van der Waals surface area contributed by atoms with Gasteiger partial charge in [0, 0.05) is 30.9 Å². The Hall–Kier alpha value is -4.97. The van der Waals surface area contributed by atoms with Gasteiger partial charge in [-0.3, -0.25) is 29.3 Å². The number of hydrogen-bond donors (Lipinski definition) is 5. The summed E-state index contributed by atoms with van der Waals surface area (Å²) in [5, 5.41) is 10.8. The molecule has 2 saturated carbocycles. The van der Waals surface area contributed by atoms with Crippen LogP contribution >= 0.6 is 0 Å². The molecule has 2 aliphatic carbocycles. The highest BCUT2D eigenvalue weighted by molar-refractivity contribution is 7.91. The Morgan fingerprint density at radius 1 is 1.13 bits per heavy atom. The lowest BCUT2D eigenvalue weighted by molar-refractivity contribution is -0.141. The molecule has 1 aromatic rings. The number of amides is 4. The van der Waals surface area contributed by atoms with E-state index in [4.69, 9.17) is 9.47 Å². The molecule has 0 spiro atoms. The summed E-state index contributed by atoms with van der Waals surface area (Å²) >= 11 is 0. The first-order chi connectivity index (χ1) is 25.4. The number of nitrogens with zero attached hydrogens (tertiary/aromatic N) is 3. The number of methoxy groups -OCH3 is 1. The number of rotatable bonds is 15. The molecule has 17 nitrogen and oxygen atoms in total. The molecule has 1 saturated heterocycles. The molecule has 3 fully saturated rings. The van der Waals surface area contributed by atoms with Gasteiger partial charge in [0.25, 0.3) is 5.91 Å². The number of hydrazine groups is 2. The maximum absolute atomic E-state index is 14.5. The van der Waals surface area contributed by atoms with Crippen molar-refractivity contribution in [3.05, 3.63) is 54.1 Å². The van der Waals surface area contributed by atoms with Gasteiger partial charge in [-0.1, -0.05) is 11.6 Å². The van der Waals surface area contributed by atoms with Crippen LogP contribution in [0.1, 0.15) is 78.7 Å². The highest BCUT2D eigenvalue weighted by atomic mass is 32.2. The van der Waals surface area contributed by atoms with Crippen molar-refractivity contribution in [2.24, 2.45) is 11.0 Å². The van der Waals surface area contributed by atoms with Crippen LogP contribution in [0.4, 0.5) is 4.79 Å². The molecule has 54 heavy (non-hydrogen) atoms. The Kier molecular flexibility index (Phi) is 11.8. The van der Waals surface area contributed by atoms with E-state index in [1.807, 2.05) is 0 Å². The Morgan fingerprint density at radius 3 is 2.39 bits per heavy atom. The molecule has 5 N–H and O–H groups in total. The van der Waals surface area contributed by atoms with Gasteiger partial charge >= 0.3 is 6.09 Å². The van der Waals surface area contributed by atoms with Crippen LogP contribution in [0.5, 0.6) is 5.75 Å². The minimum absolute atomic E-state index is 0.0261. The van der Waals surface area contributed by atoms with Gasteiger partial charge in [0.1, 0.15) is 29.0 Å². The lowest BCUT2D eigenvalue weighted by Crippen LogP contribution is -2.58. The molecule has 18 heteroatoms. The predicted molar refractivity (Wildman–Crippen MR) is 198 cm³/mol. The third kappa shape index (κ3) is 9.57. The summed E-state index contributed by atoms with van der Waals surface area (Å²) in [6.07, 6.45) is 2.87. The van der Waals surface area contributed by atoms with Crippen LogP contribution in [-0.4, -0.2) is 102 Å². The van der Waals surface area contributed by atoms with Crippen molar-refractivity contribution in [3.8, 4) is 5.75 Å². The molecule has 2 heterocycles. The van der Waals surface area contributed by atoms with Crippen molar-refractivity contribution in [2.75, 3.05) is 13.7 Å². The maximum atomic E-state index is 14.5. The smallest absolute Gasteiger partial charge is 0.408 e. The largest absolute Gasteiger partial charge is 0.497 e. The molecule has 294 valence electrons. The summed E-state index contributed by atoms with van der Waals surface area (Å²) in [5.41, 5.74) is 4.99. The van der Waals surface area contributed by atoms with Crippen LogP contribution in [0.3, 0.4) is 0 Å². The Balaban J connectivity index is 1.43. The van der Waals surface area contributed by atoms with Crippen molar-refractivity contribution in [2.45, 2.75) is 108 Å². The Labute approximate surface area is 315 Å². The van der Waals surface area contributed by atoms with Crippen molar-refractivity contribution in [1.82, 2.24) is 36.3 Å². The average molecular weight is 771 g/mol. The van der Waals surface area contributed by atoms with Gasteiger partial charge in [-0.2, -0.15) is 0 Å². The number of hydrazone groups is 1. The second kappa shape index (κ2) is 15.8. The zero-order chi connectivity index (χ0) is 39.6. The zero-order valence-corrected chi connectivity index (χ0v) is 32.2. The summed E-state index contributed by atoms with van der Waals surface area (Å²) in [5.74, 6) is -1.93. The van der Waals surface area contributed by atoms with Gasteiger partial charge in [0.2, 0.25) is 21.8 Å². The number of allylic oxidation sites excluding steroid dienone is 2. The maximum Gasteiger partial charge on any atom is 0.408 e. The fourth-order valence-corrected chi connectivity index (χ4v) is 7.77. The molecule has 2 aliphatic heterocycles. The summed E-state index contributed by atoms with van der Waals surface area (Å²) in [4.78, 5) is 69.2. The van der Waals surface area contributed by atoms with E-state index >= 15 is 0 Å². The van der Waals surface area contributed by atoms with Crippen LogP contribution in [0.25, 0.3) is 0 Å². The molecule has 5 rings (SSSR count). The zero-order valence-electron chi connectivity index (χ0n) is 31.4. The van der Waals surface area contributed by atoms with E-state index in [1.165, 1.54) is 22.2 Å². The highest BCUT2D eigenvalue weighted by Crippen LogP contribution is 2.45. The highest BCUT2D eigenvalue weighted by Gasteiger charge is 2.62. The number of alkyl carbamates (subject to hydrolysis) is 1. The third-order valence-electron chi connectivity index (χ3n) is 9.44. The molecular weight excluding hydrogens is 721 g/mol. The van der Waals surface area contributed by atoms with Gasteiger partial charge in [0.15, 0.2) is 11.6 Å². The van der Waals surface area contributed by atoms with Crippen molar-refractivity contribution in [1.29, 1.82) is 0 Å². The molecule has 0 unspecified atom stereocenters. The SMILES string of the molecule is C=C[C@@H]1C[C@]1(NC(=O)[C@@H]1C[C@@H](N2N=C(c3ccc(OC)cc3)NN2)CN1C(=O)[C@H](CCC(=O)C=C(C)C)NC(=O)OC(C)(C)C)C(=O)NS(=O)(=O)C1CC1. The Morgan fingerprint density at radius 2 is 1.81 bits per heavy atom. The monoisotopic (exact) mass is 770 g/mol. The number of carbonyl (C=O) groups is 5. The van der Waals surface area contributed by atoms with Crippen LogP contribution in [0, 0.1) is 5.92 Å². The van der Waals surface area contributed by atoms with Gasteiger partial charge in [-0.25, -0.2) is 18.3 Å². The summed E-state index contributed by atoms with van der Waals surface area (Å²) in [6, 6.07) is 4.09. The molecular formula is C36H50N8O9S. The average Bonchev–Trinajstić information content (AvgIpc) is 3.97. The van der Waals surface area contributed by atoms with E-state index in [-0.39, 0.29) is 38.0 Å². The van der Waals surface area contributed by atoms with Crippen molar-refractivity contribution >= 4 is 45.5 Å². The molecule has 5 atom stereocenters. The van der Waals surface area contributed by atoms with E-state index in [9.17, 15) is 32.4 Å². The first-order valence-corrected chi connectivity index (χ1v) is 19.4. The van der Waals surface area contributed by atoms with E-state index in [2.05, 4.69) is 38.0 Å². The predicted octanol–water partition coefficient (Wildman–Crippen LogP) is 1.53. The van der Waals surface area contributed by atoms with E-state index in [0.717, 1.165) is 11.1 Å². The number of hydrogen-bond acceptors (Lipinski definition) is 13. The number of likely N-dealkylation sites (tertiary alicyclic amines) is 1. The number of ether oxygens (including phenoxy) is 2. The van der Waals surface area contributed by atoms with Gasteiger partial charge in [-0.05, 0) is 90.6 Å². The van der Waals surface area contributed by atoms with Crippen molar-refractivity contribution < 1.29 is 41.9 Å². The molecule has 1 aromatic carbocycles. The number of ketones is 1. The topological polar surface area (TPSA) is 217 Å². The summed E-state index contributed by atoms with van der Waals surface area (Å²) in [7, 11) is -2.37. The number of benzene rings is 1. The van der Waals surface area contributed by atoms with Gasteiger partial charge in [0.05, 0.1) is 18.4 Å². The van der Waals surface area contributed by atoms with Crippen LogP contribution < -0.4 is 31.1 Å². The van der Waals surface area contributed by atoms with E-state index < -0.39 is 74.3 Å². The molecule has 4 amide bonds. The van der Waals surface area contributed by atoms with Gasteiger partial charge in [-0.15, -0.1) is 17.2 Å². The number of nitrogens with one attached hydrogen (secondary N) is 5. The summed E-state index contributed by atoms with van der Waals surface area (Å²) < 4.78 is 38.2. The molecule has 0 radical (unpaired) electrons. The normalized spacial score (nSPS) is 24.0. The standard InChI is InChI=1S/C36H50N8O9S/c1-8-23-19-36(23,33(48)41-54(50,51)27-14-15-27)38-31(46)29-18-24(44-40-30(39-42-44)22-9-12-26(52-7)13-10-22)20-43(29)32(47)28(16-11-25(45)17-21(2)3)37-34(49)53-35(4,5)6/h8-10,12-13,17,23-24,27-29,42H,1,11,14-16,18-20H2,2-7H3,(H,37,49)(H,38,46)(H,39,40)(H,41,48)/t23-,24-,28+,29+,36-/m1/s1. The van der Waals surface area contributed by atoms with Crippen LogP contribution in [0.15, 0.2) is 53.7 Å². The van der Waals surface area contributed by atoms with Gasteiger partial charge < -0.3 is 25.0 Å². The second-order valence-electron chi connectivity index (χ2n) is 15.3. The molecule has 4 aliphatic rings. The van der Waals surface area contributed by atoms with E-state index in [1.54, 1.807) is 66.0 Å². The minimum atomic E-state index is -3.93. The minimum Gasteiger partial charge on any atom is -0.497 e. The second-order valence-corrected chi connectivity index (χ2v) is 17.2. The number of sulfonamides is 1. The molecule has 0 aromatic heterocycles. The summed E-state index contributed by atoms with van der Waals surface area (Å²) in [6.45, 7) is 12.2. The first-order valence-electron chi connectivity index (χ1n) is 17.9. The van der Waals surface area contributed by atoms with Crippen LogP contribution in [0.2, 0.25) is 0 Å². The third-order valence-corrected chi connectivity index (χ3v) is 11.3. The quantitative estimate of drug-likeness (QED) is 0.127. The Bertz CT molecular complexity index is 1830. The lowest BCUT2D eigenvalue weighted by atomic mass is 10.0. The number of amidine groups is 1. The molecule has 0 bridgehead atoms.